The molecule has 132 valence electrons. The summed E-state index contributed by atoms with van der Waals surface area (Å²) >= 11 is 1.63. The number of aromatic amines is 1. The van der Waals surface area contributed by atoms with E-state index in [4.69, 9.17) is 5.73 Å². The maximum atomic E-state index is 11.7. The summed E-state index contributed by atoms with van der Waals surface area (Å²) < 4.78 is 26.0. The Hall–Kier alpha value is -2.17. The third-order valence-corrected chi connectivity index (χ3v) is 6.78. The Bertz CT molecular complexity index is 1000. The molecule has 0 aliphatic carbocycles. The van der Waals surface area contributed by atoms with Crippen molar-refractivity contribution in [2.45, 2.75) is 0 Å². The normalized spacial score (nSPS) is 16.6. The Balaban J connectivity index is 1.70. The number of hydrogen-bond donors (Lipinski definition) is 2. The van der Waals surface area contributed by atoms with E-state index in [0.717, 1.165) is 26.5 Å². The van der Waals surface area contributed by atoms with Crippen LogP contribution in [-0.2, 0) is 10.0 Å². The van der Waals surface area contributed by atoms with Crippen LogP contribution in [0.15, 0.2) is 24.4 Å². The third-order valence-electron chi connectivity index (χ3n) is 4.29. The highest BCUT2D eigenvalue weighted by molar-refractivity contribution is 7.88. The topological polar surface area (TPSA) is 108 Å². The Morgan fingerprint density at radius 3 is 2.64 bits per heavy atom. The third kappa shape index (κ3) is 3.08. The van der Waals surface area contributed by atoms with E-state index in [1.54, 1.807) is 17.5 Å². The van der Waals surface area contributed by atoms with Gasteiger partial charge in [-0.1, -0.05) is 0 Å². The number of nitrogens with one attached hydrogen (secondary N) is 1. The molecular formula is C15H18N6O2S2. The van der Waals surface area contributed by atoms with Gasteiger partial charge in [0.25, 0.3) is 0 Å². The molecule has 0 saturated carbocycles. The fraction of sp³-hybridized carbons (Fsp3) is 0.333. The summed E-state index contributed by atoms with van der Waals surface area (Å²) in [6.45, 7) is 2.20. The number of pyridine rings is 1. The Kier molecular flexibility index (Phi) is 3.89. The molecule has 0 spiro atoms. The van der Waals surface area contributed by atoms with Gasteiger partial charge in [-0.2, -0.15) is 9.40 Å². The summed E-state index contributed by atoms with van der Waals surface area (Å²) in [6.07, 6.45) is 2.97. The van der Waals surface area contributed by atoms with Crippen LogP contribution < -0.4 is 10.6 Å². The van der Waals surface area contributed by atoms with Crippen LogP contribution >= 0.6 is 11.3 Å². The maximum absolute atomic E-state index is 11.7. The van der Waals surface area contributed by atoms with Crippen molar-refractivity contribution in [1.82, 2.24) is 19.5 Å². The monoisotopic (exact) mass is 378 g/mol. The number of anilines is 2. The number of sulfonamides is 1. The smallest absolute Gasteiger partial charge is 0.211 e. The highest BCUT2D eigenvalue weighted by atomic mass is 32.2. The number of thiophene rings is 1. The van der Waals surface area contributed by atoms with Crippen molar-refractivity contribution in [3.63, 3.8) is 0 Å². The molecule has 0 atom stereocenters. The largest absolute Gasteiger partial charge is 0.384 e. The minimum absolute atomic E-state index is 0.460. The molecule has 0 aromatic carbocycles. The second-order valence-corrected chi connectivity index (χ2v) is 9.05. The SMILES string of the molecule is CS(=O)(=O)N1CCN(c2cc(N)nc3cc(-c4ccn[nH]4)sc23)CC1. The van der Waals surface area contributed by atoms with Gasteiger partial charge in [-0.25, -0.2) is 13.4 Å². The summed E-state index contributed by atoms with van der Waals surface area (Å²) in [7, 11) is -3.15. The number of nitrogens with two attached hydrogens (primary N) is 1. The minimum atomic E-state index is -3.15. The predicted octanol–water partition coefficient (Wildman–Crippen LogP) is 1.35. The first-order valence-corrected chi connectivity index (χ1v) is 10.5. The lowest BCUT2D eigenvalue weighted by molar-refractivity contribution is 0.388. The van der Waals surface area contributed by atoms with Crippen LogP contribution in [0, 0.1) is 0 Å². The van der Waals surface area contributed by atoms with Gasteiger partial charge in [0.05, 0.1) is 32.7 Å². The molecule has 0 unspecified atom stereocenters. The second kappa shape index (κ2) is 5.97. The number of nitrogens with zero attached hydrogens (tertiary/aromatic N) is 4. The van der Waals surface area contributed by atoms with Gasteiger partial charge < -0.3 is 10.6 Å². The van der Waals surface area contributed by atoms with Crippen LogP contribution in [0.2, 0.25) is 0 Å². The molecule has 8 nitrogen and oxygen atoms in total. The average Bonchev–Trinajstić information content (AvgIpc) is 3.22. The quantitative estimate of drug-likeness (QED) is 0.712. The Labute approximate surface area is 149 Å². The molecule has 1 aliphatic heterocycles. The number of piperazine rings is 1. The highest BCUT2D eigenvalue weighted by Crippen LogP contribution is 2.38. The highest BCUT2D eigenvalue weighted by Gasteiger charge is 2.25. The van der Waals surface area contributed by atoms with E-state index < -0.39 is 10.0 Å². The van der Waals surface area contributed by atoms with E-state index in [1.165, 1.54) is 10.6 Å². The lowest BCUT2D eigenvalue weighted by Gasteiger charge is -2.35. The Morgan fingerprint density at radius 1 is 1.24 bits per heavy atom. The zero-order chi connectivity index (χ0) is 17.6. The molecule has 10 heteroatoms. The van der Waals surface area contributed by atoms with Gasteiger partial charge in [0.15, 0.2) is 0 Å². The van der Waals surface area contributed by atoms with E-state index >= 15 is 0 Å². The lowest BCUT2D eigenvalue weighted by atomic mass is 10.2. The minimum Gasteiger partial charge on any atom is -0.384 e. The van der Waals surface area contributed by atoms with Gasteiger partial charge in [-0.05, 0) is 12.1 Å². The number of rotatable bonds is 3. The van der Waals surface area contributed by atoms with Crippen molar-refractivity contribution < 1.29 is 8.42 Å². The van der Waals surface area contributed by atoms with Crippen LogP contribution in [0.5, 0.6) is 0 Å². The molecule has 0 radical (unpaired) electrons. The summed E-state index contributed by atoms with van der Waals surface area (Å²) in [4.78, 5) is 7.66. The van der Waals surface area contributed by atoms with Crippen LogP contribution in [0.25, 0.3) is 20.8 Å². The molecule has 4 heterocycles. The van der Waals surface area contributed by atoms with Gasteiger partial charge in [0.1, 0.15) is 5.82 Å². The number of H-pyrrole nitrogens is 1. The summed E-state index contributed by atoms with van der Waals surface area (Å²) in [5.41, 5.74) is 8.78. The lowest BCUT2D eigenvalue weighted by Crippen LogP contribution is -2.48. The molecule has 3 aromatic heterocycles. The van der Waals surface area contributed by atoms with Gasteiger partial charge in [0, 0.05) is 38.4 Å². The molecule has 1 saturated heterocycles. The van der Waals surface area contributed by atoms with E-state index in [-0.39, 0.29) is 0 Å². The zero-order valence-electron chi connectivity index (χ0n) is 13.6. The van der Waals surface area contributed by atoms with Crippen molar-refractivity contribution in [2.75, 3.05) is 43.1 Å². The second-order valence-electron chi connectivity index (χ2n) is 6.01. The van der Waals surface area contributed by atoms with Crippen LogP contribution in [0.1, 0.15) is 0 Å². The Morgan fingerprint density at radius 2 is 2.00 bits per heavy atom. The average molecular weight is 378 g/mol. The fourth-order valence-electron chi connectivity index (χ4n) is 3.05. The zero-order valence-corrected chi connectivity index (χ0v) is 15.3. The molecule has 1 aliphatic rings. The molecule has 0 amide bonds. The number of fused-ring (bicyclic) bond motifs is 1. The molecule has 3 N–H and O–H groups in total. The molecule has 3 aromatic rings. The van der Waals surface area contributed by atoms with E-state index in [9.17, 15) is 8.42 Å². The van der Waals surface area contributed by atoms with Crippen molar-refractivity contribution in [2.24, 2.45) is 0 Å². The van der Waals surface area contributed by atoms with Gasteiger partial charge in [-0.15, -0.1) is 11.3 Å². The van der Waals surface area contributed by atoms with E-state index in [1.807, 2.05) is 18.2 Å². The van der Waals surface area contributed by atoms with Crippen molar-refractivity contribution in [3.8, 4) is 10.6 Å². The first kappa shape index (κ1) is 16.3. The maximum Gasteiger partial charge on any atom is 0.211 e. The van der Waals surface area contributed by atoms with Crippen LogP contribution in [0.4, 0.5) is 11.5 Å². The van der Waals surface area contributed by atoms with Crippen LogP contribution in [-0.4, -0.2) is 60.3 Å². The van der Waals surface area contributed by atoms with Gasteiger partial charge in [0.2, 0.25) is 10.0 Å². The molecule has 25 heavy (non-hydrogen) atoms. The first-order chi connectivity index (χ1) is 11.9. The standard InChI is InChI=1S/C15H18N6O2S2/c1-25(22,23)21-6-4-20(5-7-21)12-9-14(16)18-11-8-13(24-15(11)12)10-2-3-17-19-10/h2-3,8-9H,4-7H2,1H3,(H2,16,18)(H,17,19). The van der Waals surface area contributed by atoms with Gasteiger partial charge >= 0.3 is 0 Å². The molecule has 0 bridgehead atoms. The van der Waals surface area contributed by atoms with Crippen molar-refractivity contribution >= 4 is 43.1 Å². The van der Waals surface area contributed by atoms with E-state index in [2.05, 4.69) is 20.1 Å². The summed E-state index contributed by atoms with van der Waals surface area (Å²) in [6, 6.07) is 5.78. The fourth-order valence-corrected chi connectivity index (χ4v) is 4.99. The molecular weight excluding hydrogens is 360 g/mol. The summed E-state index contributed by atoms with van der Waals surface area (Å²) in [5, 5.41) is 6.96. The molecule has 1 fully saturated rings. The first-order valence-electron chi connectivity index (χ1n) is 7.82. The summed E-state index contributed by atoms with van der Waals surface area (Å²) in [5.74, 6) is 0.460. The van der Waals surface area contributed by atoms with Gasteiger partial charge in [-0.3, -0.25) is 5.10 Å². The predicted molar refractivity (Wildman–Crippen MR) is 100 cm³/mol. The van der Waals surface area contributed by atoms with Crippen molar-refractivity contribution in [1.29, 1.82) is 0 Å². The number of aromatic nitrogens is 3. The van der Waals surface area contributed by atoms with E-state index in [0.29, 0.717) is 32.0 Å². The number of nitrogen functional groups attached to an aromatic ring is 1. The molecule has 4 rings (SSSR count). The number of hydrogen-bond acceptors (Lipinski definition) is 7. The van der Waals surface area contributed by atoms with Crippen LogP contribution in [0.3, 0.4) is 0 Å². The van der Waals surface area contributed by atoms with Crippen molar-refractivity contribution in [3.05, 3.63) is 24.4 Å².